The Kier molecular flexibility index (Phi) is 2.77. The quantitative estimate of drug-likeness (QED) is 0.786. The van der Waals surface area contributed by atoms with Crippen LogP contribution in [-0.2, 0) is 0 Å². The second-order valence-corrected chi connectivity index (χ2v) is 4.86. The summed E-state index contributed by atoms with van der Waals surface area (Å²) in [7, 11) is 1.62. The molecule has 5 heteroatoms. The van der Waals surface area contributed by atoms with Gasteiger partial charge in [-0.05, 0) is 23.6 Å². The van der Waals surface area contributed by atoms with E-state index in [-0.39, 0.29) is 6.04 Å². The van der Waals surface area contributed by atoms with Gasteiger partial charge in [-0.25, -0.2) is 4.98 Å². The van der Waals surface area contributed by atoms with Gasteiger partial charge in [0.05, 0.1) is 7.11 Å². The third-order valence-corrected chi connectivity index (χ3v) is 3.68. The molecule has 0 radical (unpaired) electrons. The highest BCUT2D eigenvalue weighted by atomic mass is 32.1. The van der Waals surface area contributed by atoms with Gasteiger partial charge in [-0.2, -0.15) is 0 Å². The standard InChI is InChI=1S/C13H12N2O2S/c1-16-8-4-5-9-10(7-8)17-13(15-9)12(14)11-3-2-6-18-11/h2-7,12H,14H2,1H3. The molecule has 4 nitrogen and oxygen atoms in total. The van der Waals surface area contributed by atoms with Crippen molar-refractivity contribution in [2.24, 2.45) is 5.73 Å². The summed E-state index contributed by atoms with van der Waals surface area (Å²) in [5.74, 6) is 1.27. The highest BCUT2D eigenvalue weighted by molar-refractivity contribution is 7.10. The number of nitrogens with zero attached hydrogens (tertiary/aromatic N) is 1. The van der Waals surface area contributed by atoms with Crippen molar-refractivity contribution < 1.29 is 9.15 Å². The minimum atomic E-state index is -0.316. The molecule has 0 saturated carbocycles. The molecule has 0 amide bonds. The number of oxazole rings is 1. The molecule has 92 valence electrons. The lowest BCUT2D eigenvalue weighted by Gasteiger charge is -2.02. The van der Waals surface area contributed by atoms with E-state index >= 15 is 0 Å². The maximum Gasteiger partial charge on any atom is 0.217 e. The largest absolute Gasteiger partial charge is 0.497 e. The van der Waals surface area contributed by atoms with Gasteiger partial charge in [0.1, 0.15) is 17.3 Å². The molecule has 1 unspecified atom stereocenters. The zero-order chi connectivity index (χ0) is 12.5. The SMILES string of the molecule is COc1ccc2nc(C(N)c3cccs3)oc2c1. The number of thiophene rings is 1. The minimum absolute atomic E-state index is 0.316. The number of aromatic nitrogens is 1. The Hall–Kier alpha value is -1.85. The second-order valence-electron chi connectivity index (χ2n) is 3.88. The summed E-state index contributed by atoms with van der Waals surface area (Å²) in [4.78, 5) is 5.44. The maximum absolute atomic E-state index is 6.12. The molecule has 0 fully saturated rings. The van der Waals surface area contributed by atoms with Gasteiger partial charge in [0.15, 0.2) is 5.58 Å². The van der Waals surface area contributed by atoms with Gasteiger partial charge < -0.3 is 14.9 Å². The van der Waals surface area contributed by atoms with E-state index in [9.17, 15) is 0 Å². The fourth-order valence-corrected chi connectivity index (χ4v) is 2.49. The van der Waals surface area contributed by atoms with Crippen molar-refractivity contribution in [2.75, 3.05) is 7.11 Å². The molecule has 1 aromatic carbocycles. The van der Waals surface area contributed by atoms with Crippen LogP contribution >= 0.6 is 11.3 Å². The van der Waals surface area contributed by atoms with E-state index < -0.39 is 0 Å². The molecular formula is C13H12N2O2S. The summed E-state index contributed by atoms with van der Waals surface area (Å²) in [6, 6.07) is 9.15. The Morgan fingerprint density at radius 1 is 1.39 bits per heavy atom. The molecule has 2 heterocycles. The fourth-order valence-electron chi connectivity index (χ4n) is 1.77. The summed E-state index contributed by atoms with van der Waals surface area (Å²) in [5, 5.41) is 1.99. The van der Waals surface area contributed by atoms with Gasteiger partial charge in [-0.15, -0.1) is 11.3 Å². The van der Waals surface area contributed by atoms with Crippen molar-refractivity contribution >= 4 is 22.4 Å². The third kappa shape index (κ3) is 1.87. The number of hydrogen-bond donors (Lipinski definition) is 1. The van der Waals surface area contributed by atoms with Crippen LogP contribution < -0.4 is 10.5 Å². The Morgan fingerprint density at radius 2 is 2.28 bits per heavy atom. The topological polar surface area (TPSA) is 61.3 Å². The van der Waals surface area contributed by atoms with E-state index in [1.54, 1.807) is 18.4 Å². The first-order valence-electron chi connectivity index (χ1n) is 5.51. The monoisotopic (exact) mass is 260 g/mol. The smallest absolute Gasteiger partial charge is 0.217 e. The van der Waals surface area contributed by atoms with Gasteiger partial charge >= 0.3 is 0 Å². The zero-order valence-corrected chi connectivity index (χ0v) is 10.6. The van der Waals surface area contributed by atoms with Crippen LogP contribution in [0, 0.1) is 0 Å². The molecule has 0 aliphatic rings. The summed E-state index contributed by atoms with van der Waals surface area (Å²) >= 11 is 1.59. The number of nitrogens with two attached hydrogens (primary N) is 1. The van der Waals surface area contributed by atoms with Gasteiger partial charge in [-0.3, -0.25) is 0 Å². The van der Waals surface area contributed by atoms with Crippen LogP contribution in [-0.4, -0.2) is 12.1 Å². The molecular weight excluding hydrogens is 248 g/mol. The van der Waals surface area contributed by atoms with E-state index in [1.165, 1.54) is 0 Å². The Balaban J connectivity index is 2.03. The van der Waals surface area contributed by atoms with Crippen molar-refractivity contribution in [3.63, 3.8) is 0 Å². The lowest BCUT2D eigenvalue weighted by Crippen LogP contribution is -2.10. The first-order valence-corrected chi connectivity index (χ1v) is 6.39. The van der Waals surface area contributed by atoms with Gasteiger partial charge in [0.2, 0.25) is 5.89 Å². The van der Waals surface area contributed by atoms with E-state index in [1.807, 2.05) is 35.7 Å². The van der Waals surface area contributed by atoms with Crippen LogP contribution in [0.15, 0.2) is 40.1 Å². The average Bonchev–Trinajstić information content (AvgIpc) is 3.05. The lowest BCUT2D eigenvalue weighted by molar-refractivity contribution is 0.414. The van der Waals surface area contributed by atoms with Crippen LogP contribution in [0.3, 0.4) is 0 Å². The molecule has 18 heavy (non-hydrogen) atoms. The molecule has 2 N–H and O–H groups in total. The maximum atomic E-state index is 6.12. The number of methoxy groups -OCH3 is 1. The van der Waals surface area contributed by atoms with Crippen LogP contribution in [0.1, 0.15) is 16.8 Å². The molecule has 0 spiro atoms. The molecule has 0 bridgehead atoms. The summed E-state index contributed by atoms with van der Waals surface area (Å²) in [6.45, 7) is 0. The van der Waals surface area contributed by atoms with Crippen LogP contribution in [0.5, 0.6) is 5.75 Å². The first-order chi connectivity index (χ1) is 8.78. The highest BCUT2D eigenvalue weighted by Gasteiger charge is 2.17. The van der Waals surface area contributed by atoms with E-state index in [4.69, 9.17) is 14.9 Å². The Labute approximate surface area is 108 Å². The van der Waals surface area contributed by atoms with Crippen molar-refractivity contribution in [2.45, 2.75) is 6.04 Å². The average molecular weight is 260 g/mol. The number of ether oxygens (including phenoxy) is 1. The van der Waals surface area contributed by atoms with Crippen LogP contribution in [0.4, 0.5) is 0 Å². The molecule has 0 saturated heterocycles. The summed E-state index contributed by atoms with van der Waals surface area (Å²) in [5.41, 5.74) is 7.60. The highest BCUT2D eigenvalue weighted by Crippen LogP contribution is 2.27. The van der Waals surface area contributed by atoms with E-state index in [0.717, 1.165) is 16.1 Å². The predicted molar refractivity (Wildman–Crippen MR) is 70.9 cm³/mol. The predicted octanol–water partition coefficient (Wildman–Crippen LogP) is 2.95. The van der Waals surface area contributed by atoms with Gasteiger partial charge in [-0.1, -0.05) is 6.07 Å². The molecule has 2 aromatic heterocycles. The third-order valence-electron chi connectivity index (χ3n) is 2.73. The number of benzene rings is 1. The molecule has 1 atom stereocenters. The number of rotatable bonds is 3. The zero-order valence-electron chi connectivity index (χ0n) is 9.79. The van der Waals surface area contributed by atoms with Crippen LogP contribution in [0.2, 0.25) is 0 Å². The fraction of sp³-hybridized carbons (Fsp3) is 0.154. The molecule has 3 aromatic rings. The lowest BCUT2D eigenvalue weighted by atomic mass is 10.2. The van der Waals surface area contributed by atoms with E-state index in [0.29, 0.717) is 11.5 Å². The molecule has 0 aliphatic carbocycles. The van der Waals surface area contributed by atoms with E-state index in [2.05, 4.69) is 4.98 Å². The Bertz CT molecular complexity index is 661. The Morgan fingerprint density at radius 3 is 3.00 bits per heavy atom. The first kappa shape index (κ1) is 11.3. The minimum Gasteiger partial charge on any atom is -0.497 e. The van der Waals surface area contributed by atoms with Crippen molar-refractivity contribution in [1.82, 2.24) is 4.98 Å². The van der Waals surface area contributed by atoms with Crippen molar-refractivity contribution in [3.05, 3.63) is 46.5 Å². The second kappa shape index (κ2) is 4.44. The number of fused-ring (bicyclic) bond motifs is 1. The normalized spacial score (nSPS) is 12.8. The van der Waals surface area contributed by atoms with Crippen molar-refractivity contribution in [3.8, 4) is 5.75 Å². The molecule has 3 rings (SSSR count). The van der Waals surface area contributed by atoms with Crippen LogP contribution in [0.25, 0.3) is 11.1 Å². The van der Waals surface area contributed by atoms with Gasteiger partial charge in [0.25, 0.3) is 0 Å². The summed E-state index contributed by atoms with van der Waals surface area (Å²) < 4.78 is 10.8. The molecule has 0 aliphatic heterocycles. The number of hydrogen-bond acceptors (Lipinski definition) is 5. The van der Waals surface area contributed by atoms with Crippen molar-refractivity contribution in [1.29, 1.82) is 0 Å². The summed E-state index contributed by atoms with van der Waals surface area (Å²) in [6.07, 6.45) is 0. The van der Waals surface area contributed by atoms with Gasteiger partial charge in [0, 0.05) is 10.9 Å².